The Balaban J connectivity index is 1.13. The fraction of sp³-hybridized carbons (Fsp3) is 0.0204. The maximum Gasteiger partial charge on any atom is 0.145 e. The standard InChI is InChI=1S/C49H33N3/c1-32-22-24-33(25-23-32)43-19-11-20-45(50-43)48-41-16-7-5-14-39(41)47(40-15-6-8-17-42(40)48)36-28-26-35-31-37(29-27-34(35)30-36)49-51-44-18-9-10-21-46(44)52(49)38-12-3-2-4-13-38/h2-31H,1H3. The predicted molar refractivity (Wildman–Crippen MR) is 218 cm³/mol. The van der Waals surface area contributed by atoms with Crippen LogP contribution in [-0.2, 0) is 0 Å². The van der Waals surface area contributed by atoms with Crippen molar-refractivity contribution in [1.82, 2.24) is 14.5 Å². The first-order valence-electron chi connectivity index (χ1n) is 17.7. The van der Waals surface area contributed by atoms with E-state index in [1.165, 1.54) is 49.0 Å². The second-order valence-corrected chi connectivity index (χ2v) is 13.5. The molecule has 0 aliphatic carbocycles. The first kappa shape index (κ1) is 30.0. The SMILES string of the molecule is Cc1ccc(-c2cccc(-c3c4ccccc4c(-c4ccc5cc(-c6nc7ccccc7n6-c6ccccc6)ccc5c4)c4ccccc34)n2)cc1. The molecule has 2 aromatic heterocycles. The van der Waals surface area contributed by atoms with Gasteiger partial charge in [0.1, 0.15) is 5.82 Å². The highest BCUT2D eigenvalue weighted by atomic mass is 15.1. The van der Waals surface area contributed by atoms with Gasteiger partial charge in [-0.05, 0) is 98.9 Å². The molecule has 3 heteroatoms. The van der Waals surface area contributed by atoms with Gasteiger partial charge >= 0.3 is 0 Å². The molecule has 10 aromatic rings. The number of imidazole rings is 1. The van der Waals surface area contributed by atoms with Crippen LogP contribution in [0.4, 0.5) is 0 Å². The second-order valence-electron chi connectivity index (χ2n) is 13.5. The van der Waals surface area contributed by atoms with Crippen LogP contribution in [0.15, 0.2) is 182 Å². The molecule has 0 atom stereocenters. The average molecular weight is 664 g/mol. The summed E-state index contributed by atoms with van der Waals surface area (Å²) in [6.45, 7) is 2.12. The van der Waals surface area contributed by atoms with Crippen LogP contribution in [0, 0.1) is 6.92 Å². The fourth-order valence-electron chi connectivity index (χ4n) is 7.77. The number of aromatic nitrogens is 3. The van der Waals surface area contributed by atoms with Crippen LogP contribution >= 0.6 is 0 Å². The molecule has 0 spiro atoms. The summed E-state index contributed by atoms with van der Waals surface area (Å²) in [6.07, 6.45) is 0. The van der Waals surface area contributed by atoms with E-state index in [4.69, 9.17) is 9.97 Å². The number of hydrogen-bond acceptors (Lipinski definition) is 2. The summed E-state index contributed by atoms with van der Waals surface area (Å²) in [5, 5.41) is 7.18. The first-order chi connectivity index (χ1) is 25.7. The molecule has 0 radical (unpaired) electrons. The van der Waals surface area contributed by atoms with Gasteiger partial charge in [0.25, 0.3) is 0 Å². The molecule has 0 amide bonds. The quantitative estimate of drug-likeness (QED) is 0.172. The van der Waals surface area contributed by atoms with Crippen LogP contribution in [-0.4, -0.2) is 14.5 Å². The minimum Gasteiger partial charge on any atom is -0.292 e. The van der Waals surface area contributed by atoms with E-state index in [0.29, 0.717) is 0 Å². The van der Waals surface area contributed by atoms with E-state index in [1.807, 2.05) is 0 Å². The van der Waals surface area contributed by atoms with Gasteiger partial charge in [0.2, 0.25) is 0 Å². The average Bonchev–Trinajstić information content (AvgIpc) is 3.60. The molecule has 0 aliphatic heterocycles. The van der Waals surface area contributed by atoms with E-state index in [0.717, 1.165) is 50.6 Å². The number of para-hydroxylation sites is 3. The molecular weight excluding hydrogens is 631 g/mol. The number of fused-ring (bicyclic) bond motifs is 4. The van der Waals surface area contributed by atoms with Gasteiger partial charge < -0.3 is 0 Å². The predicted octanol–water partition coefficient (Wildman–Crippen LogP) is 12.9. The monoisotopic (exact) mass is 663 g/mol. The third kappa shape index (κ3) is 4.98. The van der Waals surface area contributed by atoms with Crippen LogP contribution < -0.4 is 0 Å². The summed E-state index contributed by atoms with van der Waals surface area (Å²) >= 11 is 0. The lowest BCUT2D eigenvalue weighted by molar-refractivity contribution is 1.10. The van der Waals surface area contributed by atoms with Crippen LogP contribution in [0.5, 0.6) is 0 Å². The second kappa shape index (κ2) is 12.2. The van der Waals surface area contributed by atoms with Crippen molar-refractivity contribution in [2.75, 3.05) is 0 Å². The molecule has 52 heavy (non-hydrogen) atoms. The van der Waals surface area contributed by atoms with Crippen molar-refractivity contribution in [1.29, 1.82) is 0 Å². The lowest BCUT2D eigenvalue weighted by Gasteiger charge is -2.18. The zero-order valence-electron chi connectivity index (χ0n) is 28.7. The molecule has 8 aromatic carbocycles. The molecule has 10 rings (SSSR count). The number of hydrogen-bond donors (Lipinski definition) is 0. The number of nitrogens with zero attached hydrogens (tertiary/aromatic N) is 3. The van der Waals surface area contributed by atoms with E-state index in [1.54, 1.807) is 0 Å². The highest BCUT2D eigenvalue weighted by Crippen LogP contribution is 2.44. The van der Waals surface area contributed by atoms with Crippen LogP contribution in [0.3, 0.4) is 0 Å². The van der Waals surface area contributed by atoms with Gasteiger partial charge in [0.05, 0.1) is 22.4 Å². The van der Waals surface area contributed by atoms with Gasteiger partial charge in [-0.3, -0.25) is 4.57 Å². The molecule has 0 fully saturated rings. The molecule has 0 unspecified atom stereocenters. The van der Waals surface area contributed by atoms with Crippen molar-refractivity contribution >= 4 is 43.4 Å². The summed E-state index contributed by atoms with van der Waals surface area (Å²) < 4.78 is 2.26. The number of benzene rings is 8. The maximum absolute atomic E-state index is 5.25. The number of rotatable bonds is 5. The third-order valence-electron chi connectivity index (χ3n) is 10.2. The van der Waals surface area contributed by atoms with Crippen LogP contribution in [0.2, 0.25) is 0 Å². The smallest absolute Gasteiger partial charge is 0.145 e. The summed E-state index contributed by atoms with van der Waals surface area (Å²) in [4.78, 5) is 10.4. The Hall–Kier alpha value is -6.84. The highest BCUT2D eigenvalue weighted by Gasteiger charge is 2.19. The van der Waals surface area contributed by atoms with Gasteiger partial charge in [-0.2, -0.15) is 0 Å². The molecule has 244 valence electrons. The van der Waals surface area contributed by atoms with Crippen molar-refractivity contribution in [2.24, 2.45) is 0 Å². The summed E-state index contributed by atoms with van der Waals surface area (Å²) in [5.74, 6) is 0.936. The van der Waals surface area contributed by atoms with Crippen molar-refractivity contribution < 1.29 is 0 Å². The van der Waals surface area contributed by atoms with Gasteiger partial charge in [-0.15, -0.1) is 0 Å². The van der Waals surface area contributed by atoms with Crippen molar-refractivity contribution in [3.8, 4) is 50.7 Å². The number of aryl methyl sites for hydroxylation is 1. The molecular formula is C49H33N3. The molecule has 0 saturated carbocycles. The summed E-state index contributed by atoms with van der Waals surface area (Å²) in [5.41, 5.74) is 12.2. The highest BCUT2D eigenvalue weighted by molar-refractivity contribution is 6.21. The Labute approximate surface area is 302 Å². The normalized spacial score (nSPS) is 11.6. The molecule has 0 saturated heterocycles. The summed E-state index contributed by atoms with van der Waals surface area (Å²) in [7, 11) is 0. The largest absolute Gasteiger partial charge is 0.292 e. The van der Waals surface area contributed by atoms with E-state index in [2.05, 4.69) is 193 Å². The summed E-state index contributed by atoms with van der Waals surface area (Å²) in [6, 6.07) is 65.0. The maximum atomic E-state index is 5.25. The Bertz CT molecular complexity index is 2900. The van der Waals surface area contributed by atoms with Gasteiger partial charge in [-0.1, -0.05) is 139 Å². The lowest BCUT2D eigenvalue weighted by atomic mass is 9.86. The Morgan fingerprint density at radius 3 is 1.67 bits per heavy atom. The minimum absolute atomic E-state index is 0.936. The minimum atomic E-state index is 0.936. The lowest BCUT2D eigenvalue weighted by Crippen LogP contribution is -1.97. The molecule has 0 aliphatic rings. The topological polar surface area (TPSA) is 30.7 Å². The van der Waals surface area contributed by atoms with Crippen molar-refractivity contribution in [3.05, 3.63) is 188 Å². The Morgan fingerprint density at radius 2 is 0.962 bits per heavy atom. The van der Waals surface area contributed by atoms with Gasteiger partial charge in [-0.25, -0.2) is 9.97 Å². The Kier molecular flexibility index (Phi) is 7.04. The van der Waals surface area contributed by atoms with Crippen molar-refractivity contribution in [3.63, 3.8) is 0 Å². The molecule has 0 N–H and O–H groups in total. The van der Waals surface area contributed by atoms with Gasteiger partial charge in [0.15, 0.2) is 0 Å². The zero-order valence-corrected chi connectivity index (χ0v) is 28.7. The van der Waals surface area contributed by atoms with Crippen LogP contribution in [0.1, 0.15) is 5.56 Å². The fourth-order valence-corrected chi connectivity index (χ4v) is 7.77. The zero-order chi connectivity index (χ0) is 34.6. The van der Waals surface area contributed by atoms with Gasteiger partial charge in [0, 0.05) is 22.4 Å². The molecule has 2 heterocycles. The Morgan fingerprint density at radius 1 is 0.404 bits per heavy atom. The van der Waals surface area contributed by atoms with E-state index >= 15 is 0 Å². The third-order valence-corrected chi connectivity index (χ3v) is 10.2. The molecule has 0 bridgehead atoms. The van der Waals surface area contributed by atoms with E-state index in [-0.39, 0.29) is 0 Å². The van der Waals surface area contributed by atoms with Crippen molar-refractivity contribution in [2.45, 2.75) is 6.92 Å². The van der Waals surface area contributed by atoms with Crippen LogP contribution in [0.25, 0.3) is 94.1 Å². The van der Waals surface area contributed by atoms with E-state index < -0.39 is 0 Å². The van der Waals surface area contributed by atoms with E-state index in [9.17, 15) is 0 Å². The molecule has 3 nitrogen and oxygen atoms in total. The number of pyridine rings is 1. The first-order valence-corrected chi connectivity index (χ1v) is 17.7.